The van der Waals surface area contributed by atoms with Gasteiger partial charge in [-0.3, -0.25) is 24.2 Å². The molecule has 0 aromatic carbocycles. The summed E-state index contributed by atoms with van der Waals surface area (Å²) < 4.78 is 0. The van der Waals surface area contributed by atoms with Crippen molar-refractivity contribution in [1.29, 1.82) is 0 Å². The van der Waals surface area contributed by atoms with E-state index in [1.165, 1.54) is 16.7 Å². The zero-order valence-corrected chi connectivity index (χ0v) is 10.5. The number of imide groups is 1. The zero-order chi connectivity index (χ0) is 13.3. The number of carbonyl (C=O) groups excluding carboxylic acids is 2. The minimum Gasteiger partial charge on any atom is -0.480 e. The Morgan fingerprint density at radius 3 is 2.29 bits per heavy atom. The highest BCUT2D eigenvalue weighted by molar-refractivity contribution is 6.06. The summed E-state index contributed by atoms with van der Waals surface area (Å²) >= 11 is 0. The highest BCUT2D eigenvalue weighted by atomic mass is 16.4. The van der Waals surface area contributed by atoms with E-state index in [0.717, 1.165) is 0 Å². The second-order valence-corrected chi connectivity index (χ2v) is 4.60. The summed E-state index contributed by atoms with van der Waals surface area (Å²) in [6, 6.07) is -1.63. The van der Waals surface area contributed by atoms with Crippen LogP contribution >= 0.6 is 0 Å². The first-order chi connectivity index (χ1) is 7.77. The summed E-state index contributed by atoms with van der Waals surface area (Å²) in [5.74, 6) is -1.55. The third kappa shape index (κ3) is 2.46. The van der Waals surface area contributed by atoms with Crippen molar-refractivity contribution >= 4 is 17.8 Å². The lowest BCUT2D eigenvalue weighted by Crippen LogP contribution is -2.48. The van der Waals surface area contributed by atoms with Crippen LogP contribution < -0.4 is 0 Å². The molecule has 1 heterocycles. The van der Waals surface area contributed by atoms with Crippen LogP contribution in [-0.2, 0) is 14.4 Å². The third-order valence-corrected chi connectivity index (χ3v) is 3.14. The van der Waals surface area contributed by atoms with Crippen molar-refractivity contribution in [1.82, 2.24) is 9.80 Å². The molecule has 0 aliphatic carbocycles. The van der Waals surface area contributed by atoms with E-state index in [-0.39, 0.29) is 24.3 Å². The van der Waals surface area contributed by atoms with Gasteiger partial charge in [0.1, 0.15) is 6.04 Å². The van der Waals surface area contributed by atoms with Gasteiger partial charge in [0, 0.05) is 6.04 Å². The Bertz CT molecular complexity index is 353. The standard InChI is InChI=1S/C11H18N2O4/c1-6(2)13-9(14)5-8(10(13)15)12(4)7(3)11(16)17/h6-8H,5H2,1-4H3,(H,16,17). The number of nitrogens with zero attached hydrogens (tertiary/aromatic N) is 2. The average Bonchev–Trinajstić information content (AvgIpc) is 2.51. The predicted octanol–water partition coefficient (Wildman–Crippen LogP) is -0.0728. The molecule has 1 fully saturated rings. The quantitative estimate of drug-likeness (QED) is 0.698. The van der Waals surface area contributed by atoms with E-state index in [0.29, 0.717) is 0 Å². The molecule has 0 aromatic heterocycles. The summed E-state index contributed by atoms with van der Waals surface area (Å²) in [5.41, 5.74) is 0. The fourth-order valence-corrected chi connectivity index (χ4v) is 1.94. The van der Waals surface area contributed by atoms with E-state index in [1.807, 2.05) is 0 Å². The number of likely N-dealkylation sites (tertiary alicyclic amines) is 1. The summed E-state index contributed by atoms with van der Waals surface area (Å²) in [6.45, 7) is 5.02. The molecule has 2 unspecified atom stereocenters. The van der Waals surface area contributed by atoms with E-state index >= 15 is 0 Å². The van der Waals surface area contributed by atoms with Gasteiger partial charge in [-0.25, -0.2) is 0 Å². The Balaban J connectivity index is 2.85. The number of carboxylic acid groups (broad SMARTS) is 1. The van der Waals surface area contributed by atoms with Crippen LogP contribution in [0.5, 0.6) is 0 Å². The first-order valence-corrected chi connectivity index (χ1v) is 5.58. The SMILES string of the molecule is CC(C)N1C(=O)CC(N(C)C(C)C(=O)O)C1=O. The number of carboxylic acids is 1. The molecule has 6 heteroatoms. The van der Waals surface area contributed by atoms with E-state index in [1.54, 1.807) is 20.9 Å². The molecule has 0 bridgehead atoms. The molecule has 2 amide bonds. The Hall–Kier alpha value is -1.43. The molecule has 1 aliphatic heterocycles. The van der Waals surface area contributed by atoms with Crippen LogP contribution in [0.15, 0.2) is 0 Å². The molecule has 1 aliphatic rings. The van der Waals surface area contributed by atoms with Crippen LogP contribution in [0.3, 0.4) is 0 Å². The summed E-state index contributed by atoms with van der Waals surface area (Å²) in [4.78, 5) is 37.1. The first kappa shape index (κ1) is 13.6. The van der Waals surface area contributed by atoms with E-state index < -0.39 is 18.1 Å². The second kappa shape index (κ2) is 4.83. The fraction of sp³-hybridized carbons (Fsp3) is 0.727. The highest BCUT2D eigenvalue weighted by Crippen LogP contribution is 2.21. The van der Waals surface area contributed by atoms with Gasteiger partial charge in [-0.05, 0) is 27.8 Å². The van der Waals surface area contributed by atoms with Crippen LogP contribution in [-0.4, -0.2) is 57.9 Å². The lowest BCUT2D eigenvalue weighted by molar-refractivity contribution is -0.145. The van der Waals surface area contributed by atoms with Crippen molar-refractivity contribution in [3.05, 3.63) is 0 Å². The molecule has 1 N–H and O–H groups in total. The van der Waals surface area contributed by atoms with Crippen LogP contribution in [0.1, 0.15) is 27.2 Å². The van der Waals surface area contributed by atoms with Crippen LogP contribution in [0, 0.1) is 0 Å². The molecule has 17 heavy (non-hydrogen) atoms. The number of carbonyl (C=O) groups is 3. The summed E-state index contributed by atoms with van der Waals surface area (Å²) in [7, 11) is 1.55. The number of amides is 2. The molecular formula is C11H18N2O4. The Morgan fingerprint density at radius 1 is 1.41 bits per heavy atom. The van der Waals surface area contributed by atoms with Crippen molar-refractivity contribution in [3.8, 4) is 0 Å². The van der Waals surface area contributed by atoms with Crippen molar-refractivity contribution < 1.29 is 19.5 Å². The van der Waals surface area contributed by atoms with E-state index in [2.05, 4.69) is 0 Å². The lowest BCUT2D eigenvalue weighted by Gasteiger charge is -2.26. The van der Waals surface area contributed by atoms with Gasteiger partial charge < -0.3 is 5.11 Å². The molecule has 1 saturated heterocycles. The van der Waals surface area contributed by atoms with Gasteiger partial charge in [0.25, 0.3) is 0 Å². The van der Waals surface area contributed by atoms with Crippen molar-refractivity contribution in [2.45, 2.75) is 45.3 Å². The van der Waals surface area contributed by atoms with Crippen LogP contribution in [0.4, 0.5) is 0 Å². The summed E-state index contributed by atoms with van der Waals surface area (Å²) in [6.07, 6.45) is 0.0606. The molecule has 96 valence electrons. The van der Waals surface area contributed by atoms with Gasteiger partial charge in [-0.2, -0.15) is 0 Å². The fourth-order valence-electron chi connectivity index (χ4n) is 1.94. The molecule has 1 rings (SSSR count). The van der Waals surface area contributed by atoms with E-state index in [4.69, 9.17) is 5.11 Å². The van der Waals surface area contributed by atoms with Gasteiger partial charge >= 0.3 is 5.97 Å². The Labute approximate surface area is 100 Å². The molecule has 0 radical (unpaired) electrons. The number of aliphatic carboxylic acids is 1. The number of hydrogen-bond donors (Lipinski definition) is 1. The Morgan fingerprint density at radius 2 is 1.94 bits per heavy atom. The number of rotatable bonds is 4. The maximum absolute atomic E-state index is 12.0. The normalized spacial score (nSPS) is 22.7. The molecule has 6 nitrogen and oxygen atoms in total. The van der Waals surface area contributed by atoms with Gasteiger partial charge in [0.2, 0.25) is 11.8 Å². The van der Waals surface area contributed by atoms with Gasteiger partial charge in [0.05, 0.1) is 12.5 Å². The molecule has 0 spiro atoms. The minimum atomic E-state index is -1.00. The molecule has 2 atom stereocenters. The van der Waals surface area contributed by atoms with Gasteiger partial charge in [0.15, 0.2) is 0 Å². The minimum absolute atomic E-state index is 0.0606. The van der Waals surface area contributed by atoms with Crippen molar-refractivity contribution in [2.24, 2.45) is 0 Å². The maximum atomic E-state index is 12.0. The first-order valence-electron chi connectivity index (χ1n) is 5.58. The number of hydrogen-bond acceptors (Lipinski definition) is 4. The van der Waals surface area contributed by atoms with Crippen LogP contribution in [0.25, 0.3) is 0 Å². The Kier molecular flexibility index (Phi) is 3.87. The lowest BCUT2D eigenvalue weighted by atomic mass is 10.1. The third-order valence-electron chi connectivity index (χ3n) is 3.14. The van der Waals surface area contributed by atoms with Crippen molar-refractivity contribution in [2.75, 3.05) is 7.05 Å². The molecule has 0 saturated carbocycles. The second-order valence-electron chi connectivity index (χ2n) is 4.60. The smallest absolute Gasteiger partial charge is 0.320 e. The van der Waals surface area contributed by atoms with E-state index in [9.17, 15) is 14.4 Å². The molecular weight excluding hydrogens is 224 g/mol. The molecule has 0 aromatic rings. The maximum Gasteiger partial charge on any atom is 0.320 e. The highest BCUT2D eigenvalue weighted by Gasteiger charge is 2.43. The topological polar surface area (TPSA) is 77.9 Å². The van der Waals surface area contributed by atoms with Gasteiger partial charge in [-0.1, -0.05) is 0 Å². The van der Waals surface area contributed by atoms with Crippen LogP contribution in [0.2, 0.25) is 0 Å². The number of likely N-dealkylation sites (N-methyl/N-ethyl adjacent to an activating group) is 1. The zero-order valence-electron chi connectivity index (χ0n) is 10.5. The average molecular weight is 242 g/mol. The predicted molar refractivity (Wildman–Crippen MR) is 60.3 cm³/mol. The summed E-state index contributed by atoms with van der Waals surface area (Å²) in [5, 5.41) is 8.89. The van der Waals surface area contributed by atoms with Gasteiger partial charge in [-0.15, -0.1) is 0 Å². The monoisotopic (exact) mass is 242 g/mol. The largest absolute Gasteiger partial charge is 0.480 e. The van der Waals surface area contributed by atoms with Crippen molar-refractivity contribution in [3.63, 3.8) is 0 Å².